The Bertz CT molecular complexity index is 635. The van der Waals surface area contributed by atoms with Gasteiger partial charge in [0, 0.05) is 32.6 Å². The highest BCUT2D eigenvalue weighted by atomic mass is 16.5. The summed E-state index contributed by atoms with van der Waals surface area (Å²) >= 11 is 0. The van der Waals surface area contributed by atoms with E-state index in [1.165, 1.54) is 5.56 Å². The lowest BCUT2D eigenvalue weighted by Gasteiger charge is -2.38. The highest BCUT2D eigenvalue weighted by Gasteiger charge is 2.32. The summed E-state index contributed by atoms with van der Waals surface area (Å²) in [5.41, 5.74) is 1.33. The summed E-state index contributed by atoms with van der Waals surface area (Å²) in [6.45, 7) is 4.99. The number of ether oxygens (including phenoxy) is 1. The van der Waals surface area contributed by atoms with Crippen molar-refractivity contribution in [2.75, 3.05) is 33.3 Å². The SMILES string of the molecule is CCC(=O)N1CCCC(C(=O)N2CCC(Cc3ccc(OC)cc3)CC2)C1. The van der Waals surface area contributed by atoms with Crippen LogP contribution < -0.4 is 4.74 Å². The van der Waals surface area contributed by atoms with Crippen molar-refractivity contribution >= 4 is 11.8 Å². The van der Waals surface area contributed by atoms with E-state index in [1.54, 1.807) is 7.11 Å². The Hall–Kier alpha value is -2.04. The van der Waals surface area contributed by atoms with Crippen LogP contribution in [-0.2, 0) is 16.0 Å². The monoisotopic (exact) mass is 372 g/mol. The highest BCUT2D eigenvalue weighted by Crippen LogP contribution is 2.26. The molecule has 2 aliphatic heterocycles. The predicted octanol–water partition coefficient (Wildman–Crippen LogP) is 3.12. The first kappa shape index (κ1) is 19.7. The summed E-state index contributed by atoms with van der Waals surface area (Å²) in [6.07, 6.45) is 5.56. The summed E-state index contributed by atoms with van der Waals surface area (Å²) in [6, 6.07) is 8.30. The summed E-state index contributed by atoms with van der Waals surface area (Å²) < 4.78 is 5.22. The van der Waals surface area contributed by atoms with Crippen molar-refractivity contribution in [3.63, 3.8) is 0 Å². The van der Waals surface area contributed by atoms with Crippen LogP contribution in [0.25, 0.3) is 0 Å². The third-order valence-electron chi connectivity index (χ3n) is 6.04. The van der Waals surface area contributed by atoms with Crippen molar-refractivity contribution in [3.05, 3.63) is 29.8 Å². The van der Waals surface area contributed by atoms with Gasteiger partial charge in [0.25, 0.3) is 0 Å². The number of methoxy groups -OCH3 is 1. The standard InChI is InChI=1S/C22H32N2O3/c1-3-21(25)24-12-4-5-19(16-24)22(26)23-13-10-18(11-14-23)15-17-6-8-20(27-2)9-7-17/h6-9,18-19H,3-5,10-16H2,1-2H3. The van der Waals surface area contributed by atoms with Crippen LogP contribution in [0.5, 0.6) is 5.75 Å². The van der Waals surface area contributed by atoms with E-state index in [4.69, 9.17) is 4.74 Å². The minimum atomic E-state index is -0.00705. The number of likely N-dealkylation sites (tertiary alicyclic amines) is 2. The van der Waals surface area contributed by atoms with Crippen molar-refractivity contribution in [1.82, 2.24) is 9.80 Å². The number of amides is 2. The van der Waals surface area contributed by atoms with Gasteiger partial charge in [0.15, 0.2) is 0 Å². The average molecular weight is 373 g/mol. The van der Waals surface area contributed by atoms with Crippen LogP contribution in [0.15, 0.2) is 24.3 Å². The van der Waals surface area contributed by atoms with Crippen molar-refractivity contribution < 1.29 is 14.3 Å². The van der Waals surface area contributed by atoms with Crippen LogP contribution >= 0.6 is 0 Å². The summed E-state index contributed by atoms with van der Waals surface area (Å²) in [7, 11) is 1.69. The molecule has 0 aliphatic carbocycles. The number of hydrogen-bond donors (Lipinski definition) is 0. The van der Waals surface area contributed by atoms with E-state index in [2.05, 4.69) is 12.1 Å². The molecule has 2 amide bonds. The number of hydrogen-bond acceptors (Lipinski definition) is 3. The Morgan fingerprint density at radius 1 is 1.04 bits per heavy atom. The number of nitrogens with zero attached hydrogens (tertiary/aromatic N) is 2. The molecule has 2 saturated heterocycles. The van der Waals surface area contributed by atoms with Gasteiger partial charge in [0.1, 0.15) is 5.75 Å². The quantitative estimate of drug-likeness (QED) is 0.798. The van der Waals surface area contributed by atoms with E-state index in [-0.39, 0.29) is 17.7 Å². The average Bonchev–Trinajstić information content (AvgIpc) is 2.74. The molecule has 1 aromatic carbocycles. The molecule has 2 aliphatic rings. The first-order valence-corrected chi connectivity index (χ1v) is 10.3. The molecule has 5 heteroatoms. The lowest BCUT2D eigenvalue weighted by Crippen LogP contribution is -2.48. The van der Waals surface area contributed by atoms with Crippen LogP contribution in [0.3, 0.4) is 0 Å². The highest BCUT2D eigenvalue weighted by molar-refractivity contribution is 5.81. The lowest BCUT2D eigenvalue weighted by molar-refractivity contribution is -0.141. The number of rotatable bonds is 5. The van der Waals surface area contributed by atoms with Crippen LogP contribution in [0.2, 0.25) is 0 Å². The smallest absolute Gasteiger partial charge is 0.227 e. The van der Waals surface area contributed by atoms with Gasteiger partial charge in [-0.1, -0.05) is 19.1 Å². The second-order valence-electron chi connectivity index (χ2n) is 7.85. The molecule has 0 radical (unpaired) electrons. The third kappa shape index (κ3) is 5.02. The first-order valence-electron chi connectivity index (χ1n) is 10.3. The molecule has 2 heterocycles. The second kappa shape index (κ2) is 9.25. The van der Waals surface area contributed by atoms with Gasteiger partial charge in [-0.2, -0.15) is 0 Å². The maximum absolute atomic E-state index is 12.9. The maximum Gasteiger partial charge on any atom is 0.227 e. The molecule has 0 N–H and O–H groups in total. The van der Waals surface area contributed by atoms with E-state index >= 15 is 0 Å². The minimum absolute atomic E-state index is 0.00705. The van der Waals surface area contributed by atoms with E-state index in [9.17, 15) is 9.59 Å². The normalized spacial score (nSPS) is 21.2. The molecular formula is C22H32N2O3. The molecule has 0 aromatic heterocycles. The van der Waals surface area contributed by atoms with Gasteiger partial charge >= 0.3 is 0 Å². The Labute approximate surface area is 162 Å². The number of benzene rings is 1. The number of piperidine rings is 2. The van der Waals surface area contributed by atoms with Crippen molar-refractivity contribution in [2.45, 2.75) is 45.4 Å². The minimum Gasteiger partial charge on any atom is -0.497 e. The fourth-order valence-electron chi connectivity index (χ4n) is 4.34. The molecule has 1 aromatic rings. The first-order chi connectivity index (χ1) is 13.1. The molecular weight excluding hydrogens is 340 g/mol. The molecule has 148 valence electrons. The Kier molecular flexibility index (Phi) is 6.75. The molecule has 2 fully saturated rings. The van der Waals surface area contributed by atoms with Gasteiger partial charge in [-0.05, 0) is 55.7 Å². The summed E-state index contributed by atoms with van der Waals surface area (Å²) in [4.78, 5) is 28.8. The topological polar surface area (TPSA) is 49.9 Å². The molecule has 27 heavy (non-hydrogen) atoms. The van der Waals surface area contributed by atoms with E-state index < -0.39 is 0 Å². The van der Waals surface area contributed by atoms with Gasteiger partial charge < -0.3 is 14.5 Å². The van der Waals surface area contributed by atoms with Crippen molar-refractivity contribution in [1.29, 1.82) is 0 Å². The number of carbonyl (C=O) groups is 2. The fraction of sp³-hybridized carbons (Fsp3) is 0.636. The third-order valence-corrected chi connectivity index (χ3v) is 6.04. The Morgan fingerprint density at radius 2 is 1.74 bits per heavy atom. The van der Waals surface area contributed by atoms with E-state index in [0.717, 1.165) is 57.5 Å². The van der Waals surface area contributed by atoms with E-state index in [1.807, 2.05) is 28.9 Å². The fourth-order valence-corrected chi connectivity index (χ4v) is 4.34. The van der Waals surface area contributed by atoms with Crippen molar-refractivity contribution in [3.8, 4) is 5.75 Å². The van der Waals surface area contributed by atoms with Gasteiger partial charge in [-0.3, -0.25) is 9.59 Å². The van der Waals surface area contributed by atoms with Gasteiger partial charge in [-0.15, -0.1) is 0 Å². The van der Waals surface area contributed by atoms with Crippen LogP contribution in [-0.4, -0.2) is 54.9 Å². The van der Waals surface area contributed by atoms with Gasteiger partial charge in [-0.25, -0.2) is 0 Å². The largest absolute Gasteiger partial charge is 0.497 e. The molecule has 1 unspecified atom stereocenters. The summed E-state index contributed by atoms with van der Waals surface area (Å²) in [5.74, 6) is 1.94. The summed E-state index contributed by atoms with van der Waals surface area (Å²) in [5, 5.41) is 0. The maximum atomic E-state index is 12.9. The molecule has 0 saturated carbocycles. The zero-order valence-electron chi connectivity index (χ0n) is 16.7. The molecule has 1 atom stereocenters. The zero-order chi connectivity index (χ0) is 19.2. The Morgan fingerprint density at radius 3 is 2.37 bits per heavy atom. The lowest BCUT2D eigenvalue weighted by atomic mass is 9.89. The predicted molar refractivity (Wildman–Crippen MR) is 106 cm³/mol. The number of carbonyl (C=O) groups excluding carboxylic acids is 2. The zero-order valence-corrected chi connectivity index (χ0v) is 16.7. The van der Waals surface area contributed by atoms with Gasteiger partial charge in [0.05, 0.1) is 13.0 Å². The Balaban J connectivity index is 1.48. The molecule has 0 spiro atoms. The molecule has 3 rings (SSSR count). The van der Waals surface area contributed by atoms with E-state index in [0.29, 0.717) is 18.9 Å². The van der Waals surface area contributed by atoms with Crippen LogP contribution in [0, 0.1) is 11.8 Å². The second-order valence-corrected chi connectivity index (χ2v) is 7.85. The van der Waals surface area contributed by atoms with Crippen LogP contribution in [0.1, 0.15) is 44.6 Å². The molecule has 5 nitrogen and oxygen atoms in total. The van der Waals surface area contributed by atoms with Gasteiger partial charge in [0.2, 0.25) is 11.8 Å². The molecule has 0 bridgehead atoms. The van der Waals surface area contributed by atoms with Crippen molar-refractivity contribution in [2.24, 2.45) is 11.8 Å². The van der Waals surface area contributed by atoms with Crippen LogP contribution in [0.4, 0.5) is 0 Å².